The van der Waals surface area contributed by atoms with E-state index in [2.05, 4.69) is 31.9 Å². The fraction of sp³-hybridized carbons (Fsp3) is 0.0667. The fourth-order valence-electron chi connectivity index (χ4n) is 3.65. The summed E-state index contributed by atoms with van der Waals surface area (Å²) in [6.07, 6.45) is 0. The van der Waals surface area contributed by atoms with Crippen molar-refractivity contribution in [2.45, 2.75) is 13.8 Å². The summed E-state index contributed by atoms with van der Waals surface area (Å²) in [5, 5.41) is 16.3. The van der Waals surface area contributed by atoms with E-state index in [1.807, 2.05) is 0 Å². The zero-order valence-electron chi connectivity index (χ0n) is 22.3. The van der Waals surface area contributed by atoms with E-state index in [0.717, 1.165) is 0 Å². The summed E-state index contributed by atoms with van der Waals surface area (Å²) in [6, 6.07) is 26.4. The Labute approximate surface area is 236 Å². The number of carbonyl (C=O) groups is 4. The number of ether oxygens (including phenoxy) is 1. The van der Waals surface area contributed by atoms with Crippen LogP contribution in [-0.4, -0.2) is 23.9 Å². The van der Waals surface area contributed by atoms with Gasteiger partial charge < -0.3 is 36.6 Å². The third-order valence-electron chi connectivity index (χ3n) is 5.36. The van der Waals surface area contributed by atoms with E-state index in [1.165, 1.54) is 13.8 Å². The minimum absolute atomic E-state index is 0.172. The Balaban J connectivity index is 1.24. The maximum Gasteiger partial charge on any atom is 0.323 e. The van der Waals surface area contributed by atoms with Gasteiger partial charge in [-0.15, -0.1) is 0 Å². The first-order valence-corrected chi connectivity index (χ1v) is 12.5. The van der Waals surface area contributed by atoms with Gasteiger partial charge in [-0.25, -0.2) is 9.59 Å². The molecule has 0 aliphatic carbocycles. The predicted molar refractivity (Wildman–Crippen MR) is 160 cm³/mol. The first-order valence-electron chi connectivity index (χ1n) is 12.5. The van der Waals surface area contributed by atoms with Gasteiger partial charge in [0.15, 0.2) is 0 Å². The molecule has 0 spiro atoms. The number of anilines is 6. The lowest BCUT2D eigenvalue weighted by Gasteiger charge is -2.11. The molecule has 0 aliphatic rings. The van der Waals surface area contributed by atoms with Crippen LogP contribution in [-0.2, 0) is 9.59 Å². The van der Waals surface area contributed by atoms with Crippen molar-refractivity contribution in [3.8, 4) is 11.5 Å². The van der Waals surface area contributed by atoms with Gasteiger partial charge in [0.1, 0.15) is 11.5 Å². The summed E-state index contributed by atoms with van der Waals surface area (Å²) in [5.41, 5.74) is 3.44. The molecule has 0 fully saturated rings. The summed E-state index contributed by atoms with van der Waals surface area (Å²) in [6.45, 7) is 2.83. The number of hydrogen-bond acceptors (Lipinski definition) is 5. The molecule has 0 aliphatic heterocycles. The van der Waals surface area contributed by atoms with Crippen LogP contribution in [0.4, 0.5) is 43.7 Å². The maximum absolute atomic E-state index is 12.4. The second kappa shape index (κ2) is 13.3. The van der Waals surface area contributed by atoms with Crippen LogP contribution in [0.25, 0.3) is 0 Å². The van der Waals surface area contributed by atoms with Crippen LogP contribution in [0.3, 0.4) is 0 Å². The van der Waals surface area contributed by atoms with Crippen molar-refractivity contribution in [2.24, 2.45) is 0 Å². The molecule has 208 valence electrons. The van der Waals surface area contributed by atoms with Crippen molar-refractivity contribution in [1.29, 1.82) is 0 Å². The molecule has 0 radical (unpaired) electrons. The molecule has 0 heterocycles. The summed E-state index contributed by atoms with van der Waals surface area (Å²) in [5.74, 6) is 0.741. The van der Waals surface area contributed by atoms with E-state index in [4.69, 9.17) is 4.74 Å². The predicted octanol–water partition coefficient (Wildman–Crippen LogP) is 6.68. The lowest BCUT2D eigenvalue weighted by molar-refractivity contribution is -0.115. The lowest BCUT2D eigenvalue weighted by atomic mass is 10.2. The van der Waals surface area contributed by atoms with Crippen LogP contribution in [0, 0.1) is 0 Å². The molecule has 4 aromatic rings. The van der Waals surface area contributed by atoms with Crippen LogP contribution < -0.4 is 36.6 Å². The zero-order chi connectivity index (χ0) is 29.2. The second-order valence-corrected chi connectivity index (χ2v) is 8.83. The van der Waals surface area contributed by atoms with Gasteiger partial charge in [-0.3, -0.25) is 9.59 Å². The first-order chi connectivity index (χ1) is 19.7. The average molecular weight is 553 g/mol. The van der Waals surface area contributed by atoms with Gasteiger partial charge in [-0.1, -0.05) is 6.07 Å². The Morgan fingerprint density at radius 1 is 0.439 bits per heavy atom. The number of amides is 6. The number of urea groups is 2. The van der Waals surface area contributed by atoms with Crippen LogP contribution in [0.2, 0.25) is 0 Å². The first kappa shape index (κ1) is 28.2. The molecule has 0 bridgehead atoms. The summed E-state index contributed by atoms with van der Waals surface area (Å²) < 4.78 is 5.85. The highest BCUT2D eigenvalue weighted by atomic mass is 16.5. The molecular weight excluding hydrogens is 524 g/mol. The number of nitrogens with one attached hydrogen (secondary N) is 6. The van der Waals surface area contributed by atoms with Crippen molar-refractivity contribution in [3.05, 3.63) is 97.1 Å². The van der Waals surface area contributed by atoms with E-state index in [0.29, 0.717) is 45.6 Å². The SMILES string of the molecule is CC(=O)Nc1ccc(NC(=O)Nc2ccc(Oc3ccc(NC(=O)Nc4cccc(NC(C)=O)c4)cc3)cc2)cc1. The average Bonchev–Trinajstić information content (AvgIpc) is 2.91. The third-order valence-corrected chi connectivity index (χ3v) is 5.36. The summed E-state index contributed by atoms with van der Waals surface area (Å²) in [7, 11) is 0. The monoisotopic (exact) mass is 552 g/mol. The Kier molecular flexibility index (Phi) is 9.13. The number of hydrogen-bond donors (Lipinski definition) is 6. The minimum atomic E-state index is -0.437. The standard InChI is InChI=1S/C30H28N6O5/c1-19(37)31-21-6-8-22(9-7-21)33-29(39)34-23-10-14-27(15-11-23)41-28-16-12-24(13-17-28)35-30(40)36-26-5-3-4-25(18-26)32-20(2)38/h3-18H,1-2H3,(H,31,37)(H,32,38)(H2,33,34,39)(H2,35,36,40). The Morgan fingerprint density at radius 2 is 0.756 bits per heavy atom. The van der Waals surface area contributed by atoms with Crippen LogP contribution in [0.15, 0.2) is 97.1 Å². The minimum Gasteiger partial charge on any atom is -0.457 e. The molecule has 4 rings (SSSR count). The van der Waals surface area contributed by atoms with Crippen LogP contribution >= 0.6 is 0 Å². The van der Waals surface area contributed by atoms with Gasteiger partial charge in [0.25, 0.3) is 0 Å². The number of carbonyl (C=O) groups excluding carboxylic acids is 4. The molecule has 41 heavy (non-hydrogen) atoms. The van der Waals surface area contributed by atoms with Gasteiger partial charge in [0, 0.05) is 48.0 Å². The van der Waals surface area contributed by atoms with Crippen molar-refractivity contribution < 1.29 is 23.9 Å². The van der Waals surface area contributed by atoms with Crippen molar-refractivity contribution in [2.75, 3.05) is 31.9 Å². The molecule has 6 amide bonds. The van der Waals surface area contributed by atoms with Gasteiger partial charge in [0.05, 0.1) is 0 Å². The highest BCUT2D eigenvalue weighted by Crippen LogP contribution is 2.25. The largest absolute Gasteiger partial charge is 0.457 e. The van der Waals surface area contributed by atoms with E-state index >= 15 is 0 Å². The number of benzene rings is 4. The van der Waals surface area contributed by atoms with E-state index in [1.54, 1.807) is 97.1 Å². The fourth-order valence-corrected chi connectivity index (χ4v) is 3.65. The van der Waals surface area contributed by atoms with Crippen molar-refractivity contribution in [3.63, 3.8) is 0 Å². The van der Waals surface area contributed by atoms with E-state index in [-0.39, 0.29) is 11.8 Å². The molecule has 0 saturated heterocycles. The molecule has 0 unspecified atom stereocenters. The maximum atomic E-state index is 12.4. The zero-order valence-corrected chi connectivity index (χ0v) is 22.3. The summed E-state index contributed by atoms with van der Waals surface area (Å²) >= 11 is 0. The Morgan fingerprint density at radius 3 is 1.17 bits per heavy atom. The molecule has 0 aromatic heterocycles. The van der Waals surface area contributed by atoms with Gasteiger partial charge in [-0.2, -0.15) is 0 Å². The Hall–Kier alpha value is -5.84. The molecular formula is C30H28N6O5. The third kappa shape index (κ3) is 9.14. The highest BCUT2D eigenvalue weighted by Gasteiger charge is 2.07. The smallest absolute Gasteiger partial charge is 0.323 e. The van der Waals surface area contributed by atoms with E-state index < -0.39 is 12.1 Å². The van der Waals surface area contributed by atoms with Gasteiger partial charge in [0.2, 0.25) is 11.8 Å². The van der Waals surface area contributed by atoms with Crippen molar-refractivity contribution in [1.82, 2.24) is 0 Å². The summed E-state index contributed by atoms with van der Waals surface area (Å²) in [4.78, 5) is 47.0. The highest BCUT2D eigenvalue weighted by molar-refractivity contribution is 6.01. The molecule has 11 heteroatoms. The molecule has 0 atom stereocenters. The number of rotatable bonds is 8. The normalized spacial score (nSPS) is 10.1. The quantitative estimate of drug-likeness (QED) is 0.144. The van der Waals surface area contributed by atoms with Gasteiger partial charge >= 0.3 is 12.1 Å². The molecule has 4 aromatic carbocycles. The van der Waals surface area contributed by atoms with Crippen molar-refractivity contribution >= 4 is 58.0 Å². The van der Waals surface area contributed by atoms with Crippen LogP contribution in [0.1, 0.15) is 13.8 Å². The molecule has 11 nitrogen and oxygen atoms in total. The van der Waals surface area contributed by atoms with Gasteiger partial charge in [-0.05, 0) is 91.0 Å². The Bertz CT molecular complexity index is 1540. The molecule has 6 N–H and O–H groups in total. The molecule has 0 saturated carbocycles. The van der Waals surface area contributed by atoms with E-state index in [9.17, 15) is 19.2 Å². The van der Waals surface area contributed by atoms with Crippen LogP contribution in [0.5, 0.6) is 11.5 Å². The lowest BCUT2D eigenvalue weighted by Crippen LogP contribution is -2.19. The topological polar surface area (TPSA) is 150 Å². The second-order valence-electron chi connectivity index (χ2n) is 8.83.